The summed E-state index contributed by atoms with van der Waals surface area (Å²) in [6, 6.07) is 5.11. The second-order valence-electron chi connectivity index (χ2n) is 6.93. The van der Waals surface area contributed by atoms with Crippen molar-refractivity contribution in [3.63, 3.8) is 0 Å². The fourth-order valence-electron chi connectivity index (χ4n) is 3.11. The third-order valence-electron chi connectivity index (χ3n) is 4.33. The minimum atomic E-state index is -0.141. The highest BCUT2D eigenvalue weighted by Crippen LogP contribution is 2.33. The zero-order valence-electron chi connectivity index (χ0n) is 13.5. The lowest BCUT2D eigenvalue weighted by molar-refractivity contribution is -0.00748. The van der Waals surface area contributed by atoms with E-state index in [1.165, 1.54) is 5.56 Å². The van der Waals surface area contributed by atoms with E-state index < -0.39 is 0 Å². The van der Waals surface area contributed by atoms with Crippen LogP contribution in [0.4, 0.5) is 4.39 Å². The second kappa shape index (κ2) is 7.37. The van der Waals surface area contributed by atoms with Crippen molar-refractivity contribution >= 4 is 0 Å². The number of aryl methyl sites for hydroxylation is 1. The van der Waals surface area contributed by atoms with E-state index in [9.17, 15) is 4.39 Å². The molecular formula is C18H28FNO. The fraction of sp³-hybridized carbons (Fsp3) is 0.667. The molecule has 1 N–H and O–H groups in total. The molecule has 1 unspecified atom stereocenters. The van der Waals surface area contributed by atoms with Crippen molar-refractivity contribution in [1.29, 1.82) is 0 Å². The van der Waals surface area contributed by atoms with Crippen molar-refractivity contribution in [2.24, 2.45) is 11.3 Å². The number of hydrogen-bond acceptors (Lipinski definition) is 2. The zero-order chi connectivity index (χ0) is 15.3. The SMILES string of the molecule is Cc1ccc(F)cc1CC1(CNCC(C)C)CCCOC1. The first-order chi connectivity index (χ1) is 10.0. The van der Waals surface area contributed by atoms with Gasteiger partial charge in [0, 0.05) is 18.6 Å². The average molecular weight is 293 g/mol. The van der Waals surface area contributed by atoms with Gasteiger partial charge in [0.05, 0.1) is 6.61 Å². The van der Waals surface area contributed by atoms with Crippen LogP contribution in [0.2, 0.25) is 0 Å². The van der Waals surface area contributed by atoms with Crippen LogP contribution in [0.5, 0.6) is 0 Å². The van der Waals surface area contributed by atoms with Crippen LogP contribution >= 0.6 is 0 Å². The molecule has 1 aliphatic rings. The summed E-state index contributed by atoms with van der Waals surface area (Å²) in [6.45, 7) is 10.1. The third kappa shape index (κ3) is 4.79. The molecule has 0 amide bonds. The molecule has 1 atom stereocenters. The zero-order valence-corrected chi connectivity index (χ0v) is 13.5. The molecular weight excluding hydrogens is 265 g/mol. The van der Waals surface area contributed by atoms with Gasteiger partial charge in [0.15, 0.2) is 0 Å². The maximum Gasteiger partial charge on any atom is 0.123 e. The van der Waals surface area contributed by atoms with Crippen LogP contribution in [-0.2, 0) is 11.2 Å². The molecule has 118 valence electrons. The van der Waals surface area contributed by atoms with Crippen molar-refractivity contribution in [3.05, 3.63) is 35.1 Å². The van der Waals surface area contributed by atoms with Crippen molar-refractivity contribution < 1.29 is 9.13 Å². The van der Waals surface area contributed by atoms with E-state index in [1.807, 2.05) is 6.07 Å². The maximum atomic E-state index is 13.5. The molecule has 1 fully saturated rings. The molecule has 0 aliphatic carbocycles. The van der Waals surface area contributed by atoms with Gasteiger partial charge in [-0.25, -0.2) is 4.39 Å². The minimum Gasteiger partial charge on any atom is -0.381 e. The van der Waals surface area contributed by atoms with E-state index in [2.05, 4.69) is 26.1 Å². The Morgan fingerprint density at radius 3 is 2.86 bits per heavy atom. The normalized spacial score (nSPS) is 22.7. The lowest BCUT2D eigenvalue weighted by Gasteiger charge is -2.38. The van der Waals surface area contributed by atoms with Crippen molar-refractivity contribution in [2.45, 2.75) is 40.0 Å². The van der Waals surface area contributed by atoms with Gasteiger partial charge < -0.3 is 10.1 Å². The molecule has 1 heterocycles. The average Bonchev–Trinajstić information content (AvgIpc) is 2.43. The quantitative estimate of drug-likeness (QED) is 0.863. The summed E-state index contributed by atoms with van der Waals surface area (Å²) in [5.41, 5.74) is 2.39. The third-order valence-corrected chi connectivity index (χ3v) is 4.33. The fourth-order valence-corrected chi connectivity index (χ4v) is 3.11. The van der Waals surface area contributed by atoms with Crippen molar-refractivity contribution in [1.82, 2.24) is 5.32 Å². The van der Waals surface area contributed by atoms with E-state index in [1.54, 1.807) is 12.1 Å². The Kier molecular flexibility index (Phi) is 5.77. The van der Waals surface area contributed by atoms with Crippen LogP contribution < -0.4 is 5.32 Å². The summed E-state index contributed by atoms with van der Waals surface area (Å²) in [7, 11) is 0. The van der Waals surface area contributed by atoms with Crippen LogP contribution in [0, 0.1) is 24.1 Å². The summed E-state index contributed by atoms with van der Waals surface area (Å²) < 4.78 is 19.3. The summed E-state index contributed by atoms with van der Waals surface area (Å²) in [4.78, 5) is 0. The molecule has 1 saturated heterocycles. The van der Waals surface area contributed by atoms with Gasteiger partial charge in [-0.05, 0) is 61.9 Å². The largest absolute Gasteiger partial charge is 0.381 e. The van der Waals surface area contributed by atoms with Crippen LogP contribution in [0.3, 0.4) is 0 Å². The number of rotatable bonds is 6. The summed E-state index contributed by atoms with van der Waals surface area (Å²) in [5, 5.41) is 3.58. The number of nitrogens with one attached hydrogen (secondary N) is 1. The first-order valence-electron chi connectivity index (χ1n) is 8.04. The lowest BCUT2D eigenvalue weighted by Crippen LogP contribution is -2.43. The molecule has 1 aromatic carbocycles. The molecule has 3 heteroatoms. The van der Waals surface area contributed by atoms with Gasteiger partial charge in [-0.2, -0.15) is 0 Å². The Labute approximate surface area is 128 Å². The Bertz CT molecular complexity index is 453. The first-order valence-corrected chi connectivity index (χ1v) is 8.04. The molecule has 0 saturated carbocycles. The summed E-state index contributed by atoms with van der Waals surface area (Å²) in [5.74, 6) is 0.500. The molecule has 1 aliphatic heterocycles. The van der Waals surface area contributed by atoms with E-state index in [4.69, 9.17) is 4.74 Å². The predicted molar refractivity (Wildman–Crippen MR) is 85.0 cm³/mol. The predicted octanol–water partition coefficient (Wildman–Crippen LogP) is 3.72. The second-order valence-corrected chi connectivity index (χ2v) is 6.93. The van der Waals surface area contributed by atoms with Gasteiger partial charge in [0.1, 0.15) is 5.82 Å². The number of hydrogen-bond donors (Lipinski definition) is 1. The van der Waals surface area contributed by atoms with Gasteiger partial charge >= 0.3 is 0 Å². The van der Waals surface area contributed by atoms with Crippen molar-refractivity contribution in [3.8, 4) is 0 Å². The highest BCUT2D eigenvalue weighted by molar-refractivity contribution is 5.28. The topological polar surface area (TPSA) is 21.3 Å². The number of ether oxygens (including phenoxy) is 1. The molecule has 1 aromatic rings. The van der Waals surface area contributed by atoms with Gasteiger partial charge in [0.25, 0.3) is 0 Å². The van der Waals surface area contributed by atoms with E-state index >= 15 is 0 Å². The van der Waals surface area contributed by atoms with Crippen molar-refractivity contribution in [2.75, 3.05) is 26.3 Å². The standard InChI is InChI=1S/C18H28FNO/c1-14(2)11-20-12-18(7-4-8-21-13-18)10-16-9-17(19)6-5-15(16)3/h5-6,9,14,20H,4,7-8,10-13H2,1-3H3. The molecule has 2 rings (SSSR count). The highest BCUT2D eigenvalue weighted by Gasteiger charge is 2.33. The van der Waals surface area contributed by atoms with Gasteiger partial charge in [0.2, 0.25) is 0 Å². The van der Waals surface area contributed by atoms with Crippen LogP contribution in [0.15, 0.2) is 18.2 Å². The van der Waals surface area contributed by atoms with Gasteiger partial charge in [-0.1, -0.05) is 19.9 Å². The van der Waals surface area contributed by atoms with Gasteiger partial charge in [-0.3, -0.25) is 0 Å². The summed E-state index contributed by atoms with van der Waals surface area (Å²) >= 11 is 0. The van der Waals surface area contributed by atoms with Crippen LogP contribution in [-0.4, -0.2) is 26.3 Å². The first kappa shape index (κ1) is 16.4. The van der Waals surface area contributed by atoms with Gasteiger partial charge in [-0.15, -0.1) is 0 Å². The number of halogens is 1. The maximum absolute atomic E-state index is 13.5. The lowest BCUT2D eigenvalue weighted by atomic mass is 9.76. The Morgan fingerprint density at radius 2 is 2.19 bits per heavy atom. The Morgan fingerprint density at radius 1 is 1.38 bits per heavy atom. The van der Waals surface area contributed by atoms with E-state index in [0.29, 0.717) is 5.92 Å². The molecule has 0 spiro atoms. The minimum absolute atomic E-state index is 0.103. The number of benzene rings is 1. The van der Waals surface area contributed by atoms with Crippen LogP contribution in [0.1, 0.15) is 37.8 Å². The Hall–Kier alpha value is -0.930. The Balaban J connectivity index is 2.09. The van der Waals surface area contributed by atoms with E-state index in [0.717, 1.165) is 51.1 Å². The molecule has 21 heavy (non-hydrogen) atoms. The van der Waals surface area contributed by atoms with Crippen LogP contribution in [0.25, 0.3) is 0 Å². The molecule has 0 aromatic heterocycles. The monoisotopic (exact) mass is 293 g/mol. The summed E-state index contributed by atoms with van der Waals surface area (Å²) in [6.07, 6.45) is 3.13. The smallest absolute Gasteiger partial charge is 0.123 e. The molecule has 0 bridgehead atoms. The highest BCUT2D eigenvalue weighted by atomic mass is 19.1. The molecule has 0 radical (unpaired) electrons. The molecule has 2 nitrogen and oxygen atoms in total. The van der Waals surface area contributed by atoms with E-state index in [-0.39, 0.29) is 11.2 Å².